The topological polar surface area (TPSA) is 41.1 Å². The number of piperidine rings is 1. The fraction of sp³-hybridized carbons (Fsp3) is 0.462. The number of hydrogen-bond acceptors (Lipinski definition) is 2. The molecule has 1 unspecified atom stereocenters. The summed E-state index contributed by atoms with van der Waals surface area (Å²) in [6.45, 7) is 1.53. The maximum absolute atomic E-state index is 13.6. The van der Waals surface area contributed by atoms with Crippen molar-refractivity contribution < 1.29 is 9.18 Å². The molecule has 0 bridgehead atoms. The van der Waals surface area contributed by atoms with Gasteiger partial charge in [0.15, 0.2) is 0 Å². The highest BCUT2D eigenvalue weighted by atomic mass is 79.9. The second kappa shape index (κ2) is 6.29. The summed E-state index contributed by atoms with van der Waals surface area (Å²) in [4.78, 5) is 11.9. The standard InChI is InChI=1S/C13H16BrFN2O/c14-10-5-3-6-11(15)12(10)13(18)17-8-9-4-1-2-7-16-9/h3,5-6,9,16H,1-2,4,7-8H2,(H,17,18). The molecule has 1 aromatic carbocycles. The van der Waals surface area contributed by atoms with E-state index in [0.717, 1.165) is 13.0 Å². The summed E-state index contributed by atoms with van der Waals surface area (Å²) < 4.78 is 14.0. The number of halogens is 2. The molecule has 0 aromatic heterocycles. The quantitative estimate of drug-likeness (QED) is 0.900. The zero-order chi connectivity index (χ0) is 13.0. The highest BCUT2D eigenvalue weighted by molar-refractivity contribution is 9.10. The van der Waals surface area contributed by atoms with Crippen LogP contribution >= 0.6 is 15.9 Å². The van der Waals surface area contributed by atoms with Crippen molar-refractivity contribution in [2.45, 2.75) is 25.3 Å². The van der Waals surface area contributed by atoms with Crippen LogP contribution in [0, 0.1) is 5.82 Å². The third-order valence-electron chi connectivity index (χ3n) is 3.11. The Morgan fingerprint density at radius 3 is 3.00 bits per heavy atom. The van der Waals surface area contributed by atoms with Crippen molar-refractivity contribution in [3.05, 3.63) is 34.1 Å². The largest absolute Gasteiger partial charge is 0.350 e. The second-order valence-corrected chi connectivity index (χ2v) is 5.31. The third kappa shape index (κ3) is 3.29. The highest BCUT2D eigenvalue weighted by Gasteiger charge is 2.17. The molecule has 0 spiro atoms. The molecule has 1 amide bonds. The van der Waals surface area contributed by atoms with Crippen LogP contribution in [-0.2, 0) is 0 Å². The maximum atomic E-state index is 13.6. The lowest BCUT2D eigenvalue weighted by Gasteiger charge is -2.23. The van der Waals surface area contributed by atoms with Gasteiger partial charge in [0.25, 0.3) is 5.91 Å². The molecular formula is C13H16BrFN2O. The van der Waals surface area contributed by atoms with Crippen molar-refractivity contribution in [3.8, 4) is 0 Å². The van der Waals surface area contributed by atoms with Gasteiger partial charge in [0.1, 0.15) is 5.82 Å². The molecule has 2 rings (SSSR count). The normalized spacial score (nSPS) is 19.6. The predicted octanol–water partition coefficient (Wildman–Crippen LogP) is 2.46. The van der Waals surface area contributed by atoms with E-state index >= 15 is 0 Å². The van der Waals surface area contributed by atoms with E-state index < -0.39 is 5.82 Å². The van der Waals surface area contributed by atoms with Crippen LogP contribution in [-0.4, -0.2) is 25.0 Å². The first kappa shape index (κ1) is 13.5. The van der Waals surface area contributed by atoms with Crippen LogP contribution in [0.25, 0.3) is 0 Å². The van der Waals surface area contributed by atoms with Crippen LogP contribution < -0.4 is 10.6 Å². The monoisotopic (exact) mass is 314 g/mol. The van der Waals surface area contributed by atoms with E-state index in [1.54, 1.807) is 12.1 Å². The van der Waals surface area contributed by atoms with Gasteiger partial charge in [-0.05, 0) is 47.4 Å². The molecule has 0 radical (unpaired) electrons. The van der Waals surface area contributed by atoms with Crippen molar-refractivity contribution in [1.82, 2.24) is 10.6 Å². The molecule has 1 aliphatic heterocycles. The minimum Gasteiger partial charge on any atom is -0.350 e. The highest BCUT2D eigenvalue weighted by Crippen LogP contribution is 2.19. The summed E-state index contributed by atoms with van der Waals surface area (Å²) in [5.74, 6) is -0.870. The molecule has 1 heterocycles. The van der Waals surface area contributed by atoms with Gasteiger partial charge in [-0.2, -0.15) is 0 Å². The molecule has 1 atom stereocenters. The molecule has 98 valence electrons. The van der Waals surface area contributed by atoms with E-state index in [2.05, 4.69) is 26.6 Å². The van der Waals surface area contributed by atoms with Gasteiger partial charge in [-0.15, -0.1) is 0 Å². The number of carbonyl (C=O) groups excluding carboxylic acids is 1. The minimum atomic E-state index is -0.501. The summed E-state index contributed by atoms with van der Waals surface area (Å²) in [5.41, 5.74) is 0.0771. The molecule has 1 aromatic rings. The zero-order valence-electron chi connectivity index (χ0n) is 10.0. The van der Waals surface area contributed by atoms with Crippen LogP contribution in [0.5, 0.6) is 0 Å². The Hall–Kier alpha value is -0.940. The smallest absolute Gasteiger partial charge is 0.255 e. The molecule has 0 aliphatic carbocycles. The van der Waals surface area contributed by atoms with Crippen LogP contribution in [0.15, 0.2) is 22.7 Å². The number of carbonyl (C=O) groups is 1. The summed E-state index contributed by atoms with van der Waals surface area (Å²) in [6, 6.07) is 4.82. The SMILES string of the molecule is O=C(NCC1CCCCN1)c1c(F)cccc1Br. The summed E-state index contributed by atoms with van der Waals surface area (Å²) in [7, 11) is 0. The lowest BCUT2D eigenvalue weighted by Crippen LogP contribution is -2.43. The van der Waals surface area contributed by atoms with Gasteiger partial charge in [0.05, 0.1) is 5.56 Å². The van der Waals surface area contributed by atoms with Crippen molar-refractivity contribution in [3.63, 3.8) is 0 Å². The Bertz CT molecular complexity index is 413. The lowest BCUT2D eigenvalue weighted by molar-refractivity contribution is 0.0943. The Labute approximate surface area is 114 Å². The van der Waals surface area contributed by atoms with Gasteiger partial charge in [0.2, 0.25) is 0 Å². The average molecular weight is 315 g/mol. The molecule has 1 aliphatic rings. The lowest BCUT2D eigenvalue weighted by atomic mass is 10.0. The molecule has 1 fully saturated rings. The van der Waals surface area contributed by atoms with E-state index in [-0.39, 0.29) is 11.5 Å². The van der Waals surface area contributed by atoms with Gasteiger partial charge in [-0.25, -0.2) is 4.39 Å². The van der Waals surface area contributed by atoms with E-state index in [9.17, 15) is 9.18 Å². The van der Waals surface area contributed by atoms with Gasteiger partial charge in [-0.1, -0.05) is 12.5 Å². The number of amides is 1. The Kier molecular flexibility index (Phi) is 4.72. The first-order valence-electron chi connectivity index (χ1n) is 6.14. The fourth-order valence-electron chi connectivity index (χ4n) is 2.12. The number of benzene rings is 1. The van der Waals surface area contributed by atoms with Gasteiger partial charge < -0.3 is 10.6 Å². The number of rotatable bonds is 3. The molecule has 18 heavy (non-hydrogen) atoms. The Balaban J connectivity index is 1.95. The fourth-order valence-corrected chi connectivity index (χ4v) is 2.64. The van der Waals surface area contributed by atoms with Gasteiger partial charge >= 0.3 is 0 Å². The first-order valence-corrected chi connectivity index (χ1v) is 6.93. The number of hydrogen-bond donors (Lipinski definition) is 2. The van der Waals surface area contributed by atoms with E-state index in [4.69, 9.17) is 0 Å². The molecule has 5 heteroatoms. The Morgan fingerprint density at radius 2 is 2.33 bits per heavy atom. The van der Waals surface area contributed by atoms with E-state index in [1.807, 2.05) is 0 Å². The zero-order valence-corrected chi connectivity index (χ0v) is 11.6. The average Bonchev–Trinajstić information content (AvgIpc) is 2.37. The van der Waals surface area contributed by atoms with Gasteiger partial charge in [-0.3, -0.25) is 4.79 Å². The van der Waals surface area contributed by atoms with E-state index in [1.165, 1.54) is 18.9 Å². The van der Waals surface area contributed by atoms with Crippen LogP contribution in [0.4, 0.5) is 4.39 Å². The van der Waals surface area contributed by atoms with Gasteiger partial charge in [0, 0.05) is 17.1 Å². The predicted molar refractivity (Wildman–Crippen MR) is 72.1 cm³/mol. The van der Waals surface area contributed by atoms with Crippen LogP contribution in [0.2, 0.25) is 0 Å². The summed E-state index contributed by atoms with van der Waals surface area (Å²) in [6.07, 6.45) is 3.42. The van der Waals surface area contributed by atoms with Crippen molar-refractivity contribution in [2.24, 2.45) is 0 Å². The molecule has 1 saturated heterocycles. The van der Waals surface area contributed by atoms with Crippen molar-refractivity contribution >= 4 is 21.8 Å². The third-order valence-corrected chi connectivity index (χ3v) is 3.77. The summed E-state index contributed by atoms with van der Waals surface area (Å²) >= 11 is 3.20. The number of nitrogens with one attached hydrogen (secondary N) is 2. The molecule has 2 N–H and O–H groups in total. The molecular weight excluding hydrogens is 299 g/mol. The second-order valence-electron chi connectivity index (χ2n) is 4.45. The Morgan fingerprint density at radius 1 is 1.50 bits per heavy atom. The summed E-state index contributed by atoms with van der Waals surface area (Å²) in [5, 5.41) is 6.11. The van der Waals surface area contributed by atoms with Crippen molar-refractivity contribution in [1.29, 1.82) is 0 Å². The van der Waals surface area contributed by atoms with E-state index in [0.29, 0.717) is 17.1 Å². The minimum absolute atomic E-state index is 0.0771. The van der Waals surface area contributed by atoms with Crippen LogP contribution in [0.3, 0.4) is 0 Å². The first-order chi connectivity index (χ1) is 8.68. The molecule has 0 saturated carbocycles. The van der Waals surface area contributed by atoms with Crippen LogP contribution in [0.1, 0.15) is 29.6 Å². The maximum Gasteiger partial charge on any atom is 0.255 e. The van der Waals surface area contributed by atoms with Crippen molar-refractivity contribution in [2.75, 3.05) is 13.1 Å². The molecule has 3 nitrogen and oxygen atoms in total.